The van der Waals surface area contributed by atoms with Crippen LogP contribution in [0.5, 0.6) is 0 Å². The number of hydrogen-bond donors (Lipinski definition) is 6. The van der Waals surface area contributed by atoms with E-state index in [1.807, 2.05) is 0 Å². The number of benzene rings is 3. The van der Waals surface area contributed by atoms with Crippen molar-refractivity contribution in [3.63, 3.8) is 0 Å². The van der Waals surface area contributed by atoms with Crippen molar-refractivity contribution < 1.29 is 43.7 Å². The normalized spacial score (nSPS) is 12.7. The van der Waals surface area contributed by atoms with E-state index in [1.54, 1.807) is 7.05 Å². The summed E-state index contributed by atoms with van der Waals surface area (Å²) in [6.07, 6.45) is 0. The molecule has 0 radical (unpaired) electrons. The van der Waals surface area contributed by atoms with Gasteiger partial charge in [0, 0.05) is 18.1 Å². The molecule has 0 saturated heterocycles. The van der Waals surface area contributed by atoms with Crippen molar-refractivity contribution in [1.82, 2.24) is 0 Å². The molecule has 36 heavy (non-hydrogen) atoms. The molecule has 0 fully saturated rings. The van der Waals surface area contributed by atoms with E-state index in [1.165, 1.54) is 18.2 Å². The lowest BCUT2D eigenvalue weighted by atomic mass is 10.1. The number of nitrogens with zero attached hydrogens (tertiary/aromatic N) is 2. The van der Waals surface area contributed by atoms with Crippen LogP contribution in [0.15, 0.2) is 67.4 Å². The van der Waals surface area contributed by atoms with Gasteiger partial charge in [-0.2, -0.15) is 25.3 Å². The number of rotatable bonds is 7. The lowest BCUT2D eigenvalue weighted by Crippen LogP contribution is -2.19. The van der Waals surface area contributed by atoms with Crippen LogP contribution < -0.4 is 16.4 Å². The van der Waals surface area contributed by atoms with Crippen LogP contribution in [-0.2, 0) is 30.4 Å². The Morgan fingerprint density at radius 3 is 1.94 bits per heavy atom. The van der Waals surface area contributed by atoms with Crippen LogP contribution in [0.3, 0.4) is 0 Å². The van der Waals surface area contributed by atoms with Gasteiger partial charge in [-0.05, 0) is 47.9 Å². The predicted octanol–water partition coefficient (Wildman–Crippen LogP) is 2.53. The summed E-state index contributed by atoms with van der Waals surface area (Å²) in [7, 11) is -13.5. The smallest absolute Gasteiger partial charge is 0.316 e. The number of carbonyl (C=O) groups excluding carboxylic acids is 1. The lowest BCUT2D eigenvalue weighted by molar-refractivity contribution is 0.259. The zero-order chi connectivity index (χ0) is 27.1. The van der Waals surface area contributed by atoms with Gasteiger partial charge in [0.15, 0.2) is 0 Å². The van der Waals surface area contributed by atoms with E-state index >= 15 is 0 Å². The first-order chi connectivity index (χ1) is 16.5. The molecule has 0 unspecified atom stereocenters. The van der Waals surface area contributed by atoms with E-state index in [2.05, 4.69) is 20.9 Å². The summed E-state index contributed by atoms with van der Waals surface area (Å²) >= 11 is 0. The molecule has 7 N–H and O–H groups in total. The molecule has 192 valence electrons. The highest BCUT2D eigenvalue weighted by Crippen LogP contribution is 2.37. The number of anilines is 2. The summed E-state index contributed by atoms with van der Waals surface area (Å²) in [5, 5.41) is 11.9. The number of hydrogen-bond acceptors (Lipinski definition) is 10. The number of nitrogens with two attached hydrogens (primary N) is 1. The van der Waals surface area contributed by atoms with Gasteiger partial charge < -0.3 is 16.4 Å². The molecule has 3 aromatic carbocycles. The Labute approximate surface area is 204 Å². The van der Waals surface area contributed by atoms with Gasteiger partial charge in [0.25, 0.3) is 30.4 Å². The monoisotopic (exact) mass is 559 g/mol. The topological polar surface area (TPSA) is 255 Å². The summed E-state index contributed by atoms with van der Waals surface area (Å²) in [4.78, 5) is 8.44. The van der Waals surface area contributed by atoms with Crippen molar-refractivity contribution in [3.05, 3.63) is 42.5 Å². The molecule has 0 atom stereocenters. The highest BCUT2D eigenvalue weighted by Gasteiger charge is 2.24. The van der Waals surface area contributed by atoms with E-state index in [4.69, 9.17) is 5.73 Å². The Morgan fingerprint density at radius 1 is 0.806 bits per heavy atom. The Kier molecular flexibility index (Phi) is 7.03. The second kappa shape index (κ2) is 9.41. The van der Waals surface area contributed by atoms with E-state index in [-0.39, 0.29) is 11.4 Å². The number of azo groups is 1. The standard InChI is InChI=1S/C18H17N5O10S3/c1-20-10-2-3-13(14(6-10)21-18(19)24)22-23-15-8-12-9(5-17(15)36(31,32)33)4-11(34(25,26)27)7-16(12)35(28,29)30/h2-8,20H,1H3,(H3,19,21,24)(H,25,26,27)(H,28,29,30)(H,31,32,33). The molecular formula is C18H17N5O10S3. The summed E-state index contributed by atoms with van der Waals surface area (Å²) < 4.78 is 99.5. The third kappa shape index (κ3) is 5.93. The summed E-state index contributed by atoms with van der Waals surface area (Å²) in [6.45, 7) is 0. The molecule has 18 heteroatoms. The number of urea groups is 1. The van der Waals surface area contributed by atoms with Crippen molar-refractivity contribution in [2.75, 3.05) is 17.7 Å². The Bertz CT molecular complexity index is 1750. The second-order valence-electron chi connectivity index (χ2n) is 7.06. The van der Waals surface area contributed by atoms with Crippen LogP contribution >= 0.6 is 0 Å². The van der Waals surface area contributed by atoms with E-state index in [0.717, 1.165) is 12.1 Å². The maximum atomic E-state index is 12.0. The summed E-state index contributed by atoms with van der Waals surface area (Å²) in [6, 6.07) is 6.03. The van der Waals surface area contributed by atoms with Crippen molar-refractivity contribution in [3.8, 4) is 0 Å². The minimum atomic E-state index is -5.10. The number of primary amides is 1. The summed E-state index contributed by atoms with van der Waals surface area (Å²) in [5.41, 5.74) is 5.10. The molecule has 2 amide bonds. The van der Waals surface area contributed by atoms with Gasteiger partial charge in [0.1, 0.15) is 21.2 Å². The highest BCUT2D eigenvalue weighted by molar-refractivity contribution is 7.87. The lowest BCUT2D eigenvalue weighted by Gasteiger charge is -2.11. The zero-order valence-electron chi connectivity index (χ0n) is 17.9. The van der Waals surface area contributed by atoms with Crippen LogP contribution in [0.1, 0.15) is 0 Å². The van der Waals surface area contributed by atoms with Crippen LogP contribution in [0.2, 0.25) is 0 Å². The minimum Gasteiger partial charge on any atom is -0.388 e. The molecule has 0 bridgehead atoms. The maximum absolute atomic E-state index is 12.0. The number of fused-ring (bicyclic) bond motifs is 1. The fraction of sp³-hybridized carbons (Fsp3) is 0.0556. The Balaban J connectivity index is 2.34. The Morgan fingerprint density at radius 2 is 1.42 bits per heavy atom. The van der Waals surface area contributed by atoms with E-state index in [9.17, 15) is 43.7 Å². The quantitative estimate of drug-likeness (QED) is 0.181. The third-order valence-corrected chi connectivity index (χ3v) is 7.24. The molecule has 0 aromatic heterocycles. The van der Waals surface area contributed by atoms with Gasteiger partial charge >= 0.3 is 6.03 Å². The molecular weight excluding hydrogens is 542 g/mol. The SMILES string of the molecule is CNc1ccc(N=Nc2cc3c(S(=O)(=O)O)cc(S(=O)(=O)O)cc3cc2S(=O)(=O)O)c(NC(N)=O)c1. The number of carbonyl (C=O) groups is 1. The molecule has 0 saturated carbocycles. The third-order valence-electron chi connectivity index (χ3n) is 4.63. The molecule has 0 aliphatic heterocycles. The van der Waals surface area contributed by atoms with E-state index in [0.29, 0.717) is 17.8 Å². The molecule has 0 spiro atoms. The van der Waals surface area contributed by atoms with E-state index < -0.39 is 67.5 Å². The van der Waals surface area contributed by atoms with Crippen molar-refractivity contribution >= 4 is 69.9 Å². The molecule has 3 rings (SSSR count). The predicted molar refractivity (Wildman–Crippen MR) is 127 cm³/mol. The second-order valence-corrected chi connectivity index (χ2v) is 11.3. The van der Waals surface area contributed by atoms with Gasteiger partial charge in [-0.3, -0.25) is 13.7 Å². The van der Waals surface area contributed by atoms with Crippen LogP contribution in [0.25, 0.3) is 10.8 Å². The van der Waals surface area contributed by atoms with Crippen molar-refractivity contribution in [2.24, 2.45) is 16.0 Å². The summed E-state index contributed by atoms with van der Waals surface area (Å²) in [5.74, 6) is 0. The van der Waals surface area contributed by atoms with Gasteiger partial charge in [-0.15, -0.1) is 10.2 Å². The van der Waals surface area contributed by atoms with Crippen molar-refractivity contribution in [2.45, 2.75) is 14.7 Å². The van der Waals surface area contributed by atoms with Gasteiger partial charge in [-0.1, -0.05) is 0 Å². The van der Waals surface area contributed by atoms with Crippen LogP contribution in [0, 0.1) is 0 Å². The molecule has 0 aliphatic rings. The average Bonchev–Trinajstić information content (AvgIpc) is 2.74. The first kappa shape index (κ1) is 26.9. The number of nitrogens with one attached hydrogen (secondary N) is 2. The Hall–Kier alpha value is -3.68. The van der Waals surface area contributed by atoms with Gasteiger partial charge in [0.05, 0.1) is 10.6 Å². The fourth-order valence-electron chi connectivity index (χ4n) is 3.09. The molecule has 15 nitrogen and oxygen atoms in total. The van der Waals surface area contributed by atoms with Crippen molar-refractivity contribution in [1.29, 1.82) is 0 Å². The largest absolute Gasteiger partial charge is 0.388 e. The first-order valence-electron chi connectivity index (χ1n) is 9.35. The molecule has 3 aromatic rings. The van der Waals surface area contributed by atoms with Gasteiger partial charge in [0.2, 0.25) is 0 Å². The first-order valence-corrected chi connectivity index (χ1v) is 13.7. The number of amides is 2. The highest BCUT2D eigenvalue weighted by atomic mass is 32.2. The van der Waals surface area contributed by atoms with Crippen LogP contribution in [0.4, 0.5) is 27.5 Å². The average molecular weight is 560 g/mol. The maximum Gasteiger partial charge on any atom is 0.316 e. The minimum absolute atomic E-state index is 0.0223. The molecule has 0 heterocycles. The van der Waals surface area contributed by atoms with Gasteiger partial charge in [-0.25, -0.2) is 4.79 Å². The van der Waals surface area contributed by atoms with Crippen LogP contribution in [-0.4, -0.2) is 52.0 Å². The fourth-order valence-corrected chi connectivity index (χ4v) is 5.07. The molecule has 0 aliphatic carbocycles. The zero-order valence-corrected chi connectivity index (χ0v) is 20.4.